The Labute approximate surface area is 148 Å². The molecule has 0 bridgehead atoms. The van der Waals surface area contributed by atoms with Gasteiger partial charge in [-0.1, -0.05) is 32.3 Å². The molecule has 1 amide bonds. The molecule has 0 radical (unpaired) electrons. The van der Waals surface area contributed by atoms with Crippen molar-refractivity contribution in [3.63, 3.8) is 0 Å². The van der Waals surface area contributed by atoms with Gasteiger partial charge in [0, 0.05) is 12.2 Å². The van der Waals surface area contributed by atoms with Gasteiger partial charge < -0.3 is 16.4 Å². The van der Waals surface area contributed by atoms with Crippen LogP contribution >= 0.6 is 24.0 Å². The van der Waals surface area contributed by atoms with Crippen molar-refractivity contribution in [3.8, 4) is 0 Å². The number of halogens is 2. The number of rotatable bonds is 8. The fourth-order valence-corrected chi connectivity index (χ4v) is 1.75. The number of anilines is 1. The van der Waals surface area contributed by atoms with E-state index in [9.17, 15) is 9.18 Å². The molecule has 0 aliphatic heterocycles. The average molecular weight is 422 g/mol. The normalized spacial score (nSPS) is 10.7. The first-order valence-electron chi connectivity index (χ1n) is 7.21. The average Bonchev–Trinajstić information content (AvgIpc) is 2.45. The summed E-state index contributed by atoms with van der Waals surface area (Å²) < 4.78 is 13.0. The Morgan fingerprint density at radius 2 is 2.09 bits per heavy atom. The molecule has 5 nitrogen and oxygen atoms in total. The quantitative estimate of drug-likeness (QED) is 0.261. The van der Waals surface area contributed by atoms with Crippen LogP contribution in [-0.2, 0) is 4.79 Å². The lowest BCUT2D eigenvalue weighted by Gasteiger charge is -2.06. The summed E-state index contributed by atoms with van der Waals surface area (Å²) in [6.07, 6.45) is 4.56. The molecule has 1 aromatic rings. The van der Waals surface area contributed by atoms with Crippen LogP contribution in [0.1, 0.15) is 32.6 Å². The van der Waals surface area contributed by atoms with E-state index in [0.29, 0.717) is 5.69 Å². The summed E-state index contributed by atoms with van der Waals surface area (Å²) in [5.41, 5.74) is 6.06. The standard InChI is InChI=1S/C15H23FN4O.HI/c1-2-3-4-5-9-18-15(17)19-11-14(21)20-13-8-6-7-12(16)10-13;/h6-8,10H,2-5,9,11H2,1H3,(H,20,21)(H3,17,18,19);1H. The topological polar surface area (TPSA) is 79.5 Å². The molecule has 0 unspecified atom stereocenters. The molecule has 0 fully saturated rings. The second-order valence-electron chi connectivity index (χ2n) is 4.75. The number of nitrogens with one attached hydrogen (secondary N) is 2. The van der Waals surface area contributed by atoms with Crippen LogP contribution in [0.25, 0.3) is 0 Å². The molecule has 0 saturated carbocycles. The Bertz CT molecular complexity index is 482. The van der Waals surface area contributed by atoms with Gasteiger partial charge in [-0.05, 0) is 24.6 Å². The summed E-state index contributed by atoms with van der Waals surface area (Å²) in [4.78, 5) is 15.6. The van der Waals surface area contributed by atoms with Gasteiger partial charge in [0.2, 0.25) is 5.91 Å². The second kappa shape index (κ2) is 12.2. The number of nitrogens with zero attached hydrogens (tertiary/aromatic N) is 1. The predicted molar refractivity (Wildman–Crippen MR) is 99.1 cm³/mol. The molecule has 1 rings (SSSR count). The Hall–Kier alpha value is -1.38. The van der Waals surface area contributed by atoms with Crippen molar-refractivity contribution in [1.29, 1.82) is 0 Å². The van der Waals surface area contributed by atoms with Gasteiger partial charge in [0.25, 0.3) is 0 Å². The maximum absolute atomic E-state index is 13.0. The highest BCUT2D eigenvalue weighted by Crippen LogP contribution is 2.08. The fourth-order valence-electron chi connectivity index (χ4n) is 1.75. The van der Waals surface area contributed by atoms with Crippen LogP contribution in [-0.4, -0.2) is 25.0 Å². The minimum atomic E-state index is -0.399. The molecule has 0 aliphatic rings. The van der Waals surface area contributed by atoms with Gasteiger partial charge in [-0.2, -0.15) is 0 Å². The number of guanidine groups is 1. The van der Waals surface area contributed by atoms with E-state index in [2.05, 4.69) is 22.5 Å². The number of carbonyl (C=O) groups is 1. The maximum Gasteiger partial charge on any atom is 0.246 e. The molecule has 0 aromatic heterocycles. The summed E-state index contributed by atoms with van der Waals surface area (Å²) >= 11 is 0. The zero-order chi connectivity index (χ0) is 15.5. The van der Waals surface area contributed by atoms with Gasteiger partial charge in [0.05, 0.1) is 0 Å². The van der Waals surface area contributed by atoms with Crippen LogP contribution in [0, 0.1) is 5.82 Å². The van der Waals surface area contributed by atoms with E-state index in [1.165, 1.54) is 31.0 Å². The maximum atomic E-state index is 13.0. The summed E-state index contributed by atoms with van der Waals surface area (Å²) in [6, 6.07) is 5.70. The first kappa shape index (κ1) is 20.6. The number of nitrogens with two attached hydrogens (primary N) is 1. The van der Waals surface area contributed by atoms with Gasteiger partial charge in [-0.15, -0.1) is 24.0 Å². The van der Waals surface area contributed by atoms with E-state index in [1.807, 2.05) is 0 Å². The summed E-state index contributed by atoms with van der Waals surface area (Å²) in [5.74, 6) is -0.484. The van der Waals surface area contributed by atoms with Crippen LogP contribution < -0.4 is 16.4 Å². The van der Waals surface area contributed by atoms with Gasteiger partial charge in [-0.3, -0.25) is 4.79 Å². The van der Waals surface area contributed by atoms with Crippen LogP contribution in [0.3, 0.4) is 0 Å². The van der Waals surface area contributed by atoms with Crippen molar-refractivity contribution < 1.29 is 9.18 Å². The van der Waals surface area contributed by atoms with E-state index in [-0.39, 0.29) is 42.4 Å². The van der Waals surface area contributed by atoms with Crippen molar-refractivity contribution in [2.75, 3.05) is 18.4 Å². The number of hydrogen-bond donors (Lipinski definition) is 3. The van der Waals surface area contributed by atoms with Crippen molar-refractivity contribution in [3.05, 3.63) is 30.1 Å². The molecule has 124 valence electrons. The van der Waals surface area contributed by atoms with Gasteiger partial charge in [0.15, 0.2) is 5.96 Å². The molecule has 7 heteroatoms. The number of amides is 1. The molecular formula is C15H24FIN4O. The van der Waals surface area contributed by atoms with E-state index >= 15 is 0 Å². The molecule has 22 heavy (non-hydrogen) atoms. The van der Waals surface area contributed by atoms with Gasteiger partial charge in [-0.25, -0.2) is 9.38 Å². The van der Waals surface area contributed by atoms with E-state index < -0.39 is 5.82 Å². The Morgan fingerprint density at radius 1 is 1.32 bits per heavy atom. The molecule has 0 spiro atoms. The first-order valence-corrected chi connectivity index (χ1v) is 7.21. The summed E-state index contributed by atoms with van der Waals surface area (Å²) in [5, 5.41) is 5.51. The summed E-state index contributed by atoms with van der Waals surface area (Å²) in [7, 11) is 0. The van der Waals surface area contributed by atoms with Crippen LogP contribution in [0.4, 0.5) is 10.1 Å². The molecule has 0 heterocycles. The third-order valence-corrected chi connectivity index (χ3v) is 2.84. The van der Waals surface area contributed by atoms with E-state index in [1.54, 1.807) is 6.07 Å². The van der Waals surface area contributed by atoms with E-state index in [0.717, 1.165) is 19.4 Å². The minimum Gasteiger partial charge on any atom is -0.370 e. The fraction of sp³-hybridized carbons (Fsp3) is 0.467. The largest absolute Gasteiger partial charge is 0.370 e. The molecule has 0 aliphatic carbocycles. The number of carbonyl (C=O) groups excluding carboxylic acids is 1. The molecular weight excluding hydrogens is 398 g/mol. The molecule has 0 atom stereocenters. The minimum absolute atomic E-state index is 0. The number of benzene rings is 1. The zero-order valence-electron chi connectivity index (χ0n) is 12.8. The van der Waals surface area contributed by atoms with Crippen molar-refractivity contribution in [2.45, 2.75) is 32.6 Å². The van der Waals surface area contributed by atoms with Crippen LogP contribution in [0.15, 0.2) is 29.3 Å². The SMILES string of the molecule is CCCCCCNC(N)=NCC(=O)Nc1cccc(F)c1.I. The van der Waals surface area contributed by atoms with Crippen molar-refractivity contribution in [1.82, 2.24) is 5.32 Å². The first-order chi connectivity index (χ1) is 10.1. The van der Waals surface area contributed by atoms with Crippen LogP contribution in [0.2, 0.25) is 0 Å². The smallest absolute Gasteiger partial charge is 0.246 e. The van der Waals surface area contributed by atoms with Crippen molar-refractivity contribution >= 4 is 41.5 Å². The lowest BCUT2D eigenvalue weighted by molar-refractivity contribution is -0.114. The molecule has 4 N–H and O–H groups in total. The molecule has 1 aromatic carbocycles. The third-order valence-electron chi connectivity index (χ3n) is 2.84. The number of unbranched alkanes of at least 4 members (excludes halogenated alkanes) is 3. The number of hydrogen-bond acceptors (Lipinski definition) is 2. The zero-order valence-corrected chi connectivity index (χ0v) is 15.1. The third kappa shape index (κ3) is 9.54. The highest BCUT2D eigenvalue weighted by atomic mass is 127. The second-order valence-corrected chi connectivity index (χ2v) is 4.75. The Balaban J connectivity index is 0.00000441. The summed E-state index contributed by atoms with van der Waals surface area (Å²) in [6.45, 7) is 2.81. The highest BCUT2D eigenvalue weighted by Gasteiger charge is 2.02. The van der Waals surface area contributed by atoms with Crippen LogP contribution in [0.5, 0.6) is 0 Å². The van der Waals surface area contributed by atoms with Gasteiger partial charge >= 0.3 is 0 Å². The van der Waals surface area contributed by atoms with E-state index in [4.69, 9.17) is 5.73 Å². The lowest BCUT2D eigenvalue weighted by atomic mass is 10.2. The van der Waals surface area contributed by atoms with Gasteiger partial charge in [0.1, 0.15) is 12.4 Å². The van der Waals surface area contributed by atoms with Crippen molar-refractivity contribution in [2.24, 2.45) is 10.7 Å². The Morgan fingerprint density at radius 3 is 2.77 bits per heavy atom. The lowest BCUT2D eigenvalue weighted by Crippen LogP contribution is -2.33. The number of aliphatic imine (C=N–C) groups is 1. The Kier molecular flexibility index (Phi) is 11.4. The predicted octanol–water partition coefficient (Wildman–Crippen LogP) is 2.87. The monoisotopic (exact) mass is 422 g/mol. The highest BCUT2D eigenvalue weighted by molar-refractivity contribution is 14.0. The molecule has 0 saturated heterocycles.